The number of carboxylic acids is 1. The Balaban J connectivity index is 3.10. The molecule has 0 spiro atoms. The molecule has 22 heavy (non-hydrogen) atoms. The minimum absolute atomic E-state index is 0.545. The van der Waals surface area contributed by atoms with E-state index >= 15 is 0 Å². The lowest BCUT2D eigenvalue weighted by Crippen LogP contribution is -2.30. The van der Waals surface area contributed by atoms with E-state index in [1.807, 2.05) is 0 Å². The van der Waals surface area contributed by atoms with Crippen molar-refractivity contribution in [1.82, 2.24) is 0 Å². The number of rotatable bonds is 4. The minimum Gasteiger partial charge on any atom is -0.482 e. The molecule has 0 aliphatic heterocycles. The Morgan fingerprint density at radius 3 is 2.18 bits per heavy atom. The van der Waals surface area contributed by atoms with Crippen molar-refractivity contribution in [3.8, 4) is 5.75 Å². The smallest absolute Gasteiger partial charge is 0.471 e. The van der Waals surface area contributed by atoms with Crippen molar-refractivity contribution in [2.75, 3.05) is 11.9 Å². The average Bonchev–Trinajstić information content (AvgIpc) is 2.34. The van der Waals surface area contributed by atoms with E-state index in [1.165, 1.54) is 5.32 Å². The largest absolute Gasteiger partial charge is 0.482 e. The number of carboxylic acid groups (broad SMARTS) is 1. The van der Waals surface area contributed by atoms with Crippen LogP contribution in [0.5, 0.6) is 5.75 Å². The number of halogens is 6. The maximum atomic E-state index is 12.2. The van der Waals surface area contributed by atoms with E-state index in [9.17, 15) is 35.9 Å². The number of hydrogen-bond donors (Lipinski definition) is 2. The summed E-state index contributed by atoms with van der Waals surface area (Å²) in [4.78, 5) is 21.5. The summed E-state index contributed by atoms with van der Waals surface area (Å²) in [5.41, 5.74) is -1.39. The Morgan fingerprint density at radius 1 is 1.14 bits per heavy atom. The van der Waals surface area contributed by atoms with Gasteiger partial charge < -0.3 is 15.2 Å². The summed E-state index contributed by atoms with van der Waals surface area (Å²) in [6, 6.07) is 2.08. The zero-order valence-electron chi connectivity index (χ0n) is 10.4. The molecule has 0 bridgehead atoms. The quantitative estimate of drug-likeness (QED) is 0.832. The molecule has 0 fully saturated rings. The highest BCUT2D eigenvalue weighted by atomic mass is 19.4. The van der Waals surface area contributed by atoms with Crippen molar-refractivity contribution < 1.29 is 45.8 Å². The number of nitrogens with one attached hydrogen (secondary N) is 1. The van der Waals surface area contributed by atoms with Gasteiger partial charge in [0, 0.05) is 0 Å². The normalized spacial score (nSPS) is 11.9. The number of ether oxygens (including phenoxy) is 1. The van der Waals surface area contributed by atoms with Gasteiger partial charge in [-0.15, -0.1) is 0 Å². The third-order valence-corrected chi connectivity index (χ3v) is 2.12. The van der Waals surface area contributed by atoms with Crippen LogP contribution in [0.4, 0.5) is 32.0 Å². The van der Waals surface area contributed by atoms with Crippen LogP contribution in [0.2, 0.25) is 0 Å². The van der Waals surface area contributed by atoms with Gasteiger partial charge in [0.15, 0.2) is 6.61 Å². The molecule has 0 aromatic heterocycles. The molecule has 0 aliphatic carbocycles. The molecule has 0 unspecified atom stereocenters. The fourth-order valence-electron chi connectivity index (χ4n) is 1.24. The first-order valence-electron chi connectivity index (χ1n) is 5.35. The van der Waals surface area contributed by atoms with Crippen molar-refractivity contribution in [1.29, 1.82) is 0 Å². The molecule has 0 saturated heterocycles. The summed E-state index contributed by atoms with van der Waals surface area (Å²) in [6.45, 7) is -1.83. The molecule has 0 heterocycles. The van der Waals surface area contributed by atoms with Crippen LogP contribution in [0.3, 0.4) is 0 Å². The lowest BCUT2D eigenvalue weighted by molar-refractivity contribution is -0.167. The molecule has 0 radical (unpaired) electrons. The van der Waals surface area contributed by atoms with Gasteiger partial charge in [0.1, 0.15) is 5.75 Å². The molecule has 122 valence electrons. The van der Waals surface area contributed by atoms with Crippen molar-refractivity contribution in [3.63, 3.8) is 0 Å². The van der Waals surface area contributed by atoms with Crippen LogP contribution >= 0.6 is 0 Å². The monoisotopic (exact) mass is 331 g/mol. The van der Waals surface area contributed by atoms with E-state index in [-0.39, 0.29) is 0 Å². The zero-order valence-corrected chi connectivity index (χ0v) is 10.4. The first kappa shape index (κ1) is 17.6. The minimum atomic E-state index is -5.31. The van der Waals surface area contributed by atoms with Gasteiger partial charge in [-0.25, -0.2) is 4.79 Å². The van der Waals surface area contributed by atoms with Gasteiger partial charge in [-0.2, -0.15) is 26.3 Å². The number of carbonyl (C=O) groups is 2. The number of alkyl halides is 6. The Hall–Kier alpha value is -2.46. The van der Waals surface area contributed by atoms with Gasteiger partial charge in [0.05, 0.1) is 11.3 Å². The van der Waals surface area contributed by atoms with E-state index < -0.39 is 47.8 Å². The van der Waals surface area contributed by atoms with Gasteiger partial charge in [-0.05, 0) is 18.2 Å². The van der Waals surface area contributed by atoms with Crippen LogP contribution in [0, 0.1) is 0 Å². The Bertz CT molecular complexity index is 581. The van der Waals surface area contributed by atoms with E-state index in [4.69, 9.17) is 5.11 Å². The summed E-state index contributed by atoms with van der Waals surface area (Å²) >= 11 is 0. The SMILES string of the molecule is O=C(O)c1ccc(OCC(F)(F)F)c(NC(=O)C(F)(F)F)c1. The fourth-order valence-corrected chi connectivity index (χ4v) is 1.24. The molecule has 11 heteroatoms. The van der Waals surface area contributed by atoms with Gasteiger partial charge in [-0.3, -0.25) is 4.79 Å². The molecule has 1 rings (SSSR count). The molecule has 1 aromatic rings. The van der Waals surface area contributed by atoms with Gasteiger partial charge in [-0.1, -0.05) is 0 Å². The summed E-state index contributed by atoms with van der Waals surface area (Å²) in [5.74, 6) is -4.78. The second-order valence-corrected chi connectivity index (χ2v) is 3.87. The van der Waals surface area contributed by atoms with Crippen molar-refractivity contribution in [2.24, 2.45) is 0 Å². The molecule has 2 N–H and O–H groups in total. The topological polar surface area (TPSA) is 75.6 Å². The Labute approximate surface area is 118 Å². The molecule has 0 atom stereocenters. The molecule has 5 nitrogen and oxygen atoms in total. The lowest BCUT2D eigenvalue weighted by Gasteiger charge is -2.15. The van der Waals surface area contributed by atoms with Crippen LogP contribution in [0.25, 0.3) is 0 Å². The summed E-state index contributed by atoms with van der Waals surface area (Å²) in [5, 5.41) is 9.96. The first-order valence-corrected chi connectivity index (χ1v) is 5.35. The second-order valence-electron chi connectivity index (χ2n) is 3.87. The standard InChI is InChI=1S/C11H7F6NO4/c12-10(13,14)4-22-7-2-1-5(8(19)20)3-6(7)18-9(21)11(15,16)17/h1-3H,4H2,(H,18,21)(H,19,20). The van der Waals surface area contributed by atoms with Crippen LogP contribution in [-0.2, 0) is 4.79 Å². The first-order chi connectivity index (χ1) is 9.90. The number of carbonyl (C=O) groups excluding carboxylic acids is 1. The van der Waals surface area contributed by atoms with E-state index in [0.717, 1.165) is 6.07 Å². The second kappa shape index (κ2) is 6.12. The molecule has 0 aliphatic rings. The van der Waals surface area contributed by atoms with Gasteiger partial charge in [0.25, 0.3) is 0 Å². The van der Waals surface area contributed by atoms with Crippen molar-refractivity contribution in [3.05, 3.63) is 23.8 Å². The highest BCUT2D eigenvalue weighted by Gasteiger charge is 2.39. The average molecular weight is 331 g/mol. The van der Waals surface area contributed by atoms with E-state index in [1.54, 1.807) is 0 Å². The highest BCUT2D eigenvalue weighted by molar-refractivity contribution is 5.98. The lowest BCUT2D eigenvalue weighted by atomic mass is 10.2. The third-order valence-electron chi connectivity index (χ3n) is 2.12. The Kier molecular flexibility index (Phi) is 4.89. The van der Waals surface area contributed by atoms with E-state index in [0.29, 0.717) is 12.1 Å². The zero-order chi connectivity index (χ0) is 17.1. The summed E-state index contributed by atoms with van der Waals surface area (Å²) in [7, 11) is 0. The highest BCUT2D eigenvalue weighted by Crippen LogP contribution is 2.29. The van der Waals surface area contributed by atoms with Crippen LogP contribution in [0.1, 0.15) is 10.4 Å². The predicted molar refractivity (Wildman–Crippen MR) is 59.6 cm³/mol. The van der Waals surface area contributed by atoms with E-state index in [2.05, 4.69) is 4.74 Å². The van der Waals surface area contributed by atoms with Gasteiger partial charge in [0.2, 0.25) is 0 Å². The number of hydrogen-bond acceptors (Lipinski definition) is 3. The van der Waals surface area contributed by atoms with Crippen molar-refractivity contribution in [2.45, 2.75) is 12.4 Å². The van der Waals surface area contributed by atoms with Crippen LogP contribution < -0.4 is 10.1 Å². The molecule has 0 saturated carbocycles. The van der Waals surface area contributed by atoms with Crippen LogP contribution in [0.15, 0.2) is 18.2 Å². The Morgan fingerprint density at radius 2 is 1.73 bits per heavy atom. The van der Waals surface area contributed by atoms with Crippen molar-refractivity contribution >= 4 is 17.6 Å². The molecular formula is C11H7F6NO4. The van der Waals surface area contributed by atoms with Gasteiger partial charge >= 0.3 is 24.2 Å². The maximum Gasteiger partial charge on any atom is 0.471 e. The fraction of sp³-hybridized carbons (Fsp3) is 0.273. The maximum absolute atomic E-state index is 12.2. The predicted octanol–water partition coefficient (Wildman–Crippen LogP) is 2.83. The summed E-state index contributed by atoms with van der Waals surface area (Å²) < 4.78 is 76.8. The molecule has 1 aromatic carbocycles. The molecular weight excluding hydrogens is 324 g/mol. The summed E-state index contributed by atoms with van der Waals surface area (Å²) in [6.07, 6.45) is -10.1. The number of aromatic carboxylic acids is 1. The number of anilines is 1. The third kappa shape index (κ3) is 5.14. The number of amides is 1. The molecule has 1 amide bonds. The van der Waals surface area contributed by atoms with Crippen LogP contribution in [-0.4, -0.2) is 35.9 Å². The number of benzene rings is 1.